The third-order valence-corrected chi connectivity index (χ3v) is 5.45. The summed E-state index contributed by atoms with van der Waals surface area (Å²) >= 11 is 12.1. The van der Waals surface area contributed by atoms with Gasteiger partial charge >= 0.3 is 5.97 Å². The standard InChI is InChI=1S/C21H21Cl2NO3/c1-12(13-6-4-3-5-7-13)19(21(26)27-2)24-20(25)18-11-17(18)14-8-15(22)10-16(23)9-14/h3-10,12,17-19H,11H2,1-2H3,(H,24,25)/t12-,17+,18-,19+/m0/s1. The van der Waals surface area contributed by atoms with E-state index in [0.29, 0.717) is 16.5 Å². The molecule has 1 amide bonds. The fourth-order valence-electron chi connectivity index (χ4n) is 3.37. The third kappa shape index (κ3) is 4.63. The molecular weight excluding hydrogens is 385 g/mol. The Balaban J connectivity index is 1.71. The maximum Gasteiger partial charge on any atom is 0.328 e. The van der Waals surface area contributed by atoms with E-state index in [1.54, 1.807) is 6.07 Å². The number of methoxy groups -OCH3 is 1. The first-order chi connectivity index (χ1) is 12.9. The summed E-state index contributed by atoms with van der Waals surface area (Å²) in [5, 5.41) is 3.98. The number of hydrogen-bond acceptors (Lipinski definition) is 3. The van der Waals surface area contributed by atoms with Crippen molar-refractivity contribution in [3.05, 3.63) is 69.7 Å². The number of rotatable bonds is 6. The SMILES string of the molecule is COC(=O)[C@H](NC(=O)[C@H]1C[C@@H]1c1cc(Cl)cc(Cl)c1)[C@@H](C)c1ccccc1. The Labute approximate surface area is 168 Å². The first-order valence-corrected chi connectivity index (χ1v) is 9.55. The molecule has 27 heavy (non-hydrogen) atoms. The molecule has 2 aromatic rings. The summed E-state index contributed by atoms with van der Waals surface area (Å²) < 4.78 is 4.91. The minimum Gasteiger partial charge on any atom is -0.467 e. The summed E-state index contributed by atoms with van der Waals surface area (Å²) in [6, 6.07) is 14.2. The van der Waals surface area contributed by atoms with E-state index in [1.165, 1.54) is 7.11 Å². The fourth-order valence-corrected chi connectivity index (χ4v) is 3.91. The Kier molecular flexibility index (Phi) is 6.08. The van der Waals surface area contributed by atoms with Crippen molar-refractivity contribution in [2.45, 2.75) is 31.2 Å². The van der Waals surface area contributed by atoms with Gasteiger partial charge in [0.15, 0.2) is 0 Å². The monoisotopic (exact) mass is 405 g/mol. The smallest absolute Gasteiger partial charge is 0.328 e. The minimum absolute atomic E-state index is 0.0616. The fraction of sp³-hybridized carbons (Fsp3) is 0.333. The molecule has 142 valence electrons. The number of nitrogens with one attached hydrogen (secondary N) is 1. The second kappa shape index (κ2) is 8.32. The molecule has 2 aromatic carbocycles. The van der Waals surface area contributed by atoms with Crippen molar-refractivity contribution in [2.75, 3.05) is 7.11 Å². The normalized spacial score (nSPS) is 20.4. The molecule has 1 saturated carbocycles. The molecule has 0 heterocycles. The lowest BCUT2D eigenvalue weighted by atomic mass is 9.93. The lowest BCUT2D eigenvalue weighted by Crippen LogP contribution is -2.45. The molecular formula is C21H21Cl2NO3. The second-order valence-corrected chi connectivity index (χ2v) is 7.73. The largest absolute Gasteiger partial charge is 0.467 e. The topological polar surface area (TPSA) is 55.4 Å². The van der Waals surface area contributed by atoms with Crippen LogP contribution in [0.25, 0.3) is 0 Å². The maximum absolute atomic E-state index is 12.7. The van der Waals surface area contributed by atoms with Crippen LogP contribution in [0.4, 0.5) is 0 Å². The molecule has 4 nitrogen and oxygen atoms in total. The van der Waals surface area contributed by atoms with E-state index in [0.717, 1.165) is 11.1 Å². The molecule has 1 N–H and O–H groups in total. The lowest BCUT2D eigenvalue weighted by molar-refractivity contribution is -0.145. The molecule has 0 radical (unpaired) electrons. The first-order valence-electron chi connectivity index (χ1n) is 8.80. The number of hydrogen-bond donors (Lipinski definition) is 1. The Morgan fingerprint density at radius 3 is 2.33 bits per heavy atom. The van der Waals surface area contributed by atoms with Crippen LogP contribution >= 0.6 is 23.2 Å². The summed E-state index contributed by atoms with van der Waals surface area (Å²) in [4.78, 5) is 25.0. The van der Waals surface area contributed by atoms with Gasteiger partial charge in [0.25, 0.3) is 0 Å². The highest BCUT2D eigenvalue weighted by Crippen LogP contribution is 2.48. The molecule has 0 saturated heterocycles. The first kappa shape index (κ1) is 19.7. The molecule has 0 bridgehead atoms. The van der Waals surface area contributed by atoms with E-state index in [1.807, 2.05) is 49.4 Å². The van der Waals surface area contributed by atoms with Gasteiger partial charge in [0, 0.05) is 21.9 Å². The zero-order chi connectivity index (χ0) is 19.6. The van der Waals surface area contributed by atoms with E-state index in [4.69, 9.17) is 27.9 Å². The van der Waals surface area contributed by atoms with Crippen molar-refractivity contribution in [3.63, 3.8) is 0 Å². The summed E-state index contributed by atoms with van der Waals surface area (Å²) in [5.74, 6) is -0.960. The molecule has 1 fully saturated rings. The summed E-state index contributed by atoms with van der Waals surface area (Å²) in [6.07, 6.45) is 0.704. The highest BCUT2D eigenvalue weighted by molar-refractivity contribution is 6.34. The number of ether oxygens (including phenoxy) is 1. The quantitative estimate of drug-likeness (QED) is 0.716. The van der Waals surface area contributed by atoms with Crippen LogP contribution < -0.4 is 5.32 Å². The predicted octanol–water partition coefficient (Wildman–Crippen LogP) is 4.56. The van der Waals surface area contributed by atoms with E-state index >= 15 is 0 Å². The van der Waals surface area contributed by atoms with Crippen molar-refractivity contribution in [2.24, 2.45) is 5.92 Å². The van der Waals surface area contributed by atoms with Crippen molar-refractivity contribution < 1.29 is 14.3 Å². The lowest BCUT2D eigenvalue weighted by Gasteiger charge is -2.23. The second-order valence-electron chi connectivity index (χ2n) is 6.86. The molecule has 1 aliphatic carbocycles. The number of carbonyl (C=O) groups is 2. The van der Waals surface area contributed by atoms with Gasteiger partial charge in [-0.05, 0) is 41.7 Å². The summed E-state index contributed by atoms with van der Waals surface area (Å²) in [5.41, 5.74) is 1.90. The van der Waals surface area contributed by atoms with Crippen LogP contribution in [0, 0.1) is 5.92 Å². The molecule has 0 spiro atoms. The van der Waals surface area contributed by atoms with Crippen LogP contribution in [0.5, 0.6) is 0 Å². The molecule has 0 aromatic heterocycles. The molecule has 4 atom stereocenters. The Hall–Kier alpha value is -2.04. The van der Waals surface area contributed by atoms with Gasteiger partial charge < -0.3 is 10.1 Å². The van der Waals surface area contributed by atoms with Gasteiger partial charge in [0.05, 0.1) is 7.11 Å². The maximum atomic E-state index is 12.7. The Bertz CT molecular complexity index is 820. The van der Waals surface area contributed by atoms with Gasteiger partial charge in [-0.3, -0.25) is 4.79 Å². The Morgan fingerprint density at radius 2 is 1.74 bits per heavy atom. The zero-order valence-electron chi connectivity index (χ0n) is 15.1. The van der Waals surface area contributed by atoms with Crippen molar-refractivity contribution in [3.8, 4) is 0 Å². The van der Waals surface area contributed by atoms with E-state index in [9.17, 15) is 9.59 Å². The van der Waals surface area contributed by atoms with Crippen molar-refractivity contribution >= 4 is 35.1 Å². The molecule has 3 rings (SSSR count). The van der Waals surface area contributed by atoms with Gasteiger partial charge in [0.2, 0.25) is 5.91 Å². The highest BCUT2D eigenvalue weighted by atomic mass is 35.5. The number of carbonyl (C=O) groups excluding carboxylic acids is 2. The van der Waals surface area contributed by atoms with Gasteiger partial charge in [-0.1, -0.05) is 60.5 Å². The number of halogens is 2. The van der Waals surface area contributed by atoms with Gasteiger partial charge in [-0.2, -0.15) is 0 Å². The predicted molar refractivity (Wildman–Crippen MR) is 106 cm³/mol. The van der Waals surface area contributed by atoms with E-state index in [-0.39, 0.29) is 23.7 Å². The van der Waals surface area contributed by atoms with Crippen molar-refractivity contribution in [1.29, 1.82) is 0 Å². The minimum atomic E-state index is -0.742. The van der Waals surface area contributed by atoms with E-state index in [2.05, 4.69) is 5.32 Å². The van der Waals surface area contributed by atoms with Crippen LogP contribution in [0.1, 0.15) is 36.3 Å². The van der Waals surface area contributed by atoms with Gasteiger partial charge in [-0.25, -0.2) is 4.79 Å². The van der Waals surface area contributed by atoms with Crippen molar-refractivity contribution in [1.82, 2.24) is 5.32 Å². The number of benzene rings is 2. The molecule has 1 aliphatic rings. The molecule has 6 heteroatoms. The number of amides is 1. The van der Waals surface area contributed by atoms with Crippen LogP contribution in [0.2, 0.25) is 10.0 Å². The zero-order valence-corrected chi connectivity index (χ0v) is 16.6. The van der Waals surface area contributed by atoms with Gasteiger partial charge in [0.1, 0.15) is 6.04 Å². The average Bonchev–Trinajstić information content (AvgIpc) is 3.46. The number of esters is 1. The van der Waals surface area contributed by atoms with Crippen LogP contribution in [-0.4, -0.2) is 25.0 Å². The van der Waals surface area contributed by atoms with E-state index < -0.39 is 12.0 Å². The summed E-state index contributed by atoms with van der Waals surface area (Å²) in [7, 11) is 1.33. The highest BCUT2D eigenvalue weighted by Gasteiger charge is 2.45. The molecule has 0 unspecified atom stereocenters. The average molecular weight is 406 g/mol. The summed E-state index contributed by atoms with van der Waals surface area (Å²) in [6.45, 7) is 1.90. The third-order valence-electron chi connectivity index (χ3n) is 5.02. The van der Waals surface area contributed by atoms with Gasteiger partial charge in [-0.15, -0.1) is 0 Å². The van der Waals surface area contributed by atoms with Crippen LogP contribution in [0.15, 0.2) is 48.5 Å². The Morgan fingerprint density at radius 1 is 1.11 bits per heavy atom. The van der Waals surface area contributed by atoms with Crippen LogP contribution in [-0.2, 0) is 14.3 Å². The molecule has 0 aliphatic heterocycles. The van der Waals surface area contributed by atoms with Crippen LogP contribution in [0.3, 0.4) is 0 Å².